The number of hydrogen-bond donors (Lipinski definition) is 3. The smallest absolute Gasteiger partial charge is 0.272 e. The zero-order valence-electron chi connectivity index (χ0n) is 20.3. The summed E-state index contributed by atoms with van der Waals surface area (Å²) in [5.41, 5.74) is -0.810. The number of nitrogens with one attached hydrogen (secondary N) is 2. The minimum absolute atomic E-state index is 0.000170. The summed E-state index contributed by atoms with van der Waals surface area (Å²) in [6, 6.07) is 14.7. The highest BCUT2D eigenvalue weighted by Gasteiger charge is 2.40. The molecule has 1 aliphatic rings. The van der Waals surface area contributed by atoms with Gasteiger partial charge in [-0.25, -0.2) is 13.5 Å². The Balaban J connectivity index is 1.48. The zero-order chi connectivity index (χ0) is 27.6. The molecule has 0 aliphatic carbocycles. The number of halogens is 3. The molecule has 5 rings (SSSR count). The second-order valence-corrected chi connectivity index (χ2v) is 9.37. The van der Waals surface area contributed by atoms with E-state index in [1.165, 1.54) is 23.0 Å². The molecule has 3 N–H and O–H groups in total. The van der Waals surface area contributed by atoms with Crippen molar-refractivity contribution in [2.75, 3.05) is 25.1 Å². The maximum Gasteiger partial charge on any atom is 0.272 e. The summed E-state index contributed by atoms with van der Waals surface area (Å²) < 4.78 is 35.6. The summed E-state index contributed by atoms with van der Waals surface area (Å²) in [6.07, 6.45) is 1.61. The van der Waals surface area contributed by atoms with E-state index >= 15 is 0 Å². The van der Waals surface area contributed by atoms with E-state index in [2.05, 4.69) is 20.7 Å². The van der Waals surface area contributed by atoms with Crippen molar-refractivity contribution in [1.29, 1.82) is 0 Å². The molecule has 9 nitrogen and oxygen atoms in total. The van der Waals surface area contributed by atoms with Crippen LogP contribution in [0.25, 0.3) is 16.9 Å². The molecular formula is C27H22ClF2N5O4. The number of carbonyl (C=O) groups is 2. The third-order valence-electron chi connectivity index (χ3n) is 6.23. The lowest BCUT2D eigenvalue weighted by atomic mass is 9.93. The van der Waals surface area contributed by atoms with Gasteiger partial charge in [0.15, 0.2) is 5.69 Å². The largest absolute Gasteiger partial charge is 0.396 e. The number of para-hydroxylation sites is 1. The van der Waals surface area contributed by atoms with Crippen LogP contribution in [0.1, 0.15) is 27.3 Å². The van der Waals surface area contributed by atoms with Crippen LogP contribution in [-0.2, 0) is 4.74 Å². The first-order valence-corrected chi connectivity index (χ1v) is 12.3. The highest BCUT2D eigenvalue weighted by molar-refractivity contribution is 6.34. The van der Waals surface area contributed by atoms with Crippen LogP contribution in [0.2, 0.25) is 5.02 Å². The Hall–Kier alpha value is -4.19. The van der Waals surface area contributed by atoms with Crippen molar-refractivity contribution >= 4 is 29.2 Å². The standard InChI is InChI=1S/C27H22ClF2N5O4/c28-19-12-21(30)18(24-20(29)7-4-9-31-24)11-17(19)25(37)32-23-13-22(34-35(23)16-5-2-1-3-6-16)26(38)33-27(8-10-36)14-39-15-27/h1-7,9,11-13,36H,8,10,14-15H2,(H,32,37)(H,33,38). The van der Waals surface area contributed by atoms with E-state index in [1.54, 1.807) is 30.3 Å². The zero-order valence-corrected chi connectivity index (χ0v) is 21.1. The maximum absolute atomic E-state index is 14.7. The number of amides is 2. The van der Waals surface area contributed by atoms with Gasteiger partial charge in [0, 0.05) is 24.4 Å². The van der Waals surface area contributed by atoms with Crippen LogP contribution in [0, 0.1) is 11.6 Å². The molecule has 0 bridgehead atoms. The Labute approximate surface area is 226 Å². The predicted molar refractivity (Wildman–Crippen MR) is 139 cm³/mol. The summed E-state index contributed by atoms with van der Waals surface area (Å²) in [6.45, 7) is 0.376. The van der Waals surface area contributed by atoms with Crippen molar-refractivity contribution in [3.63, 3.8) is 0 Å². The number of anilines is 1. The molecule has 39 heavy (non-hydrogen) atoms. The number of aromatic nitrogens is 3. The molecule has 4 aromatic rings. The lowest BCUT2D eigenvalue weighted by molar-refractivity contribution is -0.0785. The number of aliphatic hydroxyl groups excluding tert-OH is 1. The number of rotatable bonds is 8. The van der Waals surface area contributed by atoms with Crippen molar-refractivity contribution in [1.82, 2.24) is 20.1 Å². The van der Waals surface area contributed by atoms with Gasteiger partial charge in [0.1, 0.15) is 23.1 Å². The fourth-order valence-electron chi connectivity index (χ4n) is 4.17. The average Bonchev–Trinajstić information content (AvgIpc) is 3.32. The average molecular weight is 554 g/mol. The third kappa shape index (κ3) is 5.37. The van der Waals surface area contributed by atoms with Gasteiger partial charge in [0.2, 0.25) is 0 Å². The Morgan fingerprint density at radius 2 is 1.82 bits per heavy atom. The minimum Gasteiger partial charge on any atom is -0.396 e. The molecule has 0 saturated carbocycles. The van der Waals surface area contributed by atoms with E-state index in [0.717, 1.165) is 18.2 Å². The van der Waals surface area contributed by atoms with E-state index < -0.39 is 29.0 Å². The summed E-state index contributed by atoms with van der Waals surface area (Å²) >= 11 is 6.19. The fourth-order valence-corrected chi connectivity index (χ4v) is 4.40. The molecule has 0 atom stereocenters. The van der Waals surface area contributed by atoms with Gasteiger partial charge in [-0.3, -0.25) is 14.6 Å². The number of hydrogen-bond acceptors (Lipinski definition) is 6. The van der Waals surface area contributed by atoms with Crippen LogP contribution in [0.3, 0.4) is 0 Å². The second kappa shape index (κ2) is 10.9. The molecule has 2 amide bonds. The molecule has 2 aromatic carbocycles. The van der Waals surface area contributed by atoms with Crippen molar-refractivity contribution < 1.29 is 28.2 Å². The van der Waals surface area contributed by atoms with Gasteiger partial charge >= 0.3 is 0 Å². The van der Waals surface area contributed by atoms with Gasteiger partial charge in [-0.1, -0.05) is 29.8 Å². The minimum atomic E-state index is -0.848. The van der Waals surface area contributed by atoms with Gasteiger partial charge in [-0.2, -0.15) is 5.10 Å². The molecule has 200 valence electrons. The van der Waals surface area contributed by atoms with Gasteiger partial charge < -0.3 is 20.5 Å². The Morgan fingerprint density at radius 3 is 2.49 bits per heavy atom. The normalized spacial score (nSPS) is 13.9. The second-order valence-electron chi connectivity index (χ2n) is 8.96. The van der Waals surface area contributed by atoms with Crippen LogP contribution >= 0.6 is 11.6 Å². The van der Waals surface area contributed by atoms with E-state index in [1.807, 2.05) is 0 Å². The fraction of sp³-hybridized carbons (Fsp3) is 0.185. The molecule has 1 fully saturated rings. The van der Waals surface area contributed by atoms with E-state index in [0.29, 0.717) is 12.1 Å². The Bertz CT molecular complexity index is 1540. The summed E-state index contributed by atoms with van der Waals surface area (Å²) in [5, 5.41) is 19.1. The molecular weight excluding hydrogens is 532 g/mol. The first kappa shape index (κ1) is 26.4. The lowest BCUT2D eigenvalue weighted by Gasteiger charge is -2.41. The van der Waals surface area contributed by atoms with Gasteiger partial charge in [-0.15, -0.1) is 0 Å². The Morgan fingerprint density at radius 1 is 1.05 bits per heavy atom. The molecule has 1 saturated heterocycles. The number of pyridine rings is 1. The predicted octanol–water partition coefficient (Wildman–Crippen LogP) is 4.00. The highest BCUT2D eigenvalue weighted by Crippen LogP contribution is 2.30. The Kier molecular flexibility index (Phi) is 7.38. The van der Waals surface area contributed by atoms with Crippen LogP contribution in [-0.4, -0.2) is 57.0 Å². The number of nitrogens with zero attached hydrogens (tertiary/aromatic N) is 3. The quantitative estimate of drug-likeness (QED) is 0.303. The van der Waals surface area contributed by atoms with Crippen molar-refractivity contribution in [2.24, 2.45) is 0 Å². The van der Waals surface area contributed by atoms with Crippen molar-refractivity contribution in [2.45, 2.75) is 12.0 Å². The molecule has 1 aliphatic heterocycles. The number of ether oxygens (including phenoxy) is 1. The number of aliphatic hydroxyl groups is 1. The van der Waals surface area contributed by atoms with Gasteiger partial charge in [-0.05, 0) is 42.8 Å². The maximum atomic E-state index is 14.7. The summed E-state index contributed by atoms with van der Waals surface area (Å²) in [4.78, 5) is 30.3. The molecule has 0 radical (unpaired) electrons. The van der Waals surface area contributed by atoms with Gasteiger partial charge in [0.25, 0.3) is 11.8 Å². The molecule has 0 unspecified atom stereocenters. The van der Waals surface area contributed by atoms with E-state index in [4.69, 9.17) is 16.3 Å². The molecule has 2 aromatic heterocycles. The molecule has 3 heterocycles. The van der Waals surface area contributed by atoms with E-state index in [-0.39, 0.29) is 53.2 Å². The van der Waals surface area contributed by atoms with Crippen LogP contribution in [0.4, 0.5) is 14.6 Å². The molecule has 12 heteroatoms. The van der Waals surface area contributed by atoms with Crippen LogP contribution in [0.5, 0.6) is 0 Å². The van der Waals surface area contributed by atoms with Crippen molar-refractivity contribution in [3.8, 4) is 16.9 Å². The highest BCUT2D eigenvalue weighted by atomic mass is 35.5. The first-order valence-electron chi connectivity index (χ1n) is 11.9. The van der Waals surface area contributed by atoms with Gasteiger partial charge in [0.05, 0.1) is 35.0 Å². The summed E-state index contributed by atoms with van der Waals surface area (Å²) in [5.74, 6) is -2.75. The van der Waals surface area contributed by atoms with Crippen LogP contribution < -0.4 is 10.6 Å². The molecule has 0 spiro atoms. The third-order valence-corrected chi connectivity index (χ3v) is 6.54. The topological polar surface area (TPSA) is 118 Å². The summed E-state index contributed by atoms with van der Waals surface area (Å²) in [7, 11) is 0. The number of carbonyl (C=O) groups excluding carboxylic acids is 2. The van der Waals surface area contributed by atoms with Crippen molar-refractivity contribution in [3.05, 3.63) is 94.8 Å². The van der Waals surface area contributed by atoms with E-state index in [9.17, 15) is 23.5 Å². The number of benzene rings is 2. The lowest BCUT2D eigenvalue weighted by Crippen LogP contribution is -2.62. The van der Waals surface area contributed by atoms with Crippen LogP contribution in [0.15, 0.2) is 66.9 Å². The first-order chi connectivity index (χ1) is 18.8. The SMILES string of the molecule is O=C(NC1(CCO)COC1)c1cc(NC(=O)c2cc(-c3ncccc3F)c(F)cc2Cl)n(-c2ccccc2)n1. The monoisotopic (exact) mass is 553 g/mol.